The number of hydrogen-bond donors (Lipinski definition) is 0. The van der Waals surface area contributed by atoms with E-state index in [1.54, 1.807) is 0 Å². The van der Waals surface area contributed by atoms with E-state index in [9.17, 15) is 27.6 Å². The van der Waals surface area contributed by atoms with Gasteiger partial charge in [-0.2, -0.15) is 0 Å². The van der Waals surface area contributed by atoms with Gasteiger partial charge in [-0.1, -0.05) is 17.7 Å². The van der Waals surface area contributed by atoms with Crippen LogP contribution in [0, 0.1) is 23.3 Å². The van der Waals surface area contributed by atoms with E-state index >= 15 is 4.39 Å². The molecule has 14 heteroatoms. The van der Waals surface area contributed by atoms with Gasteiger partial charge in [0.2, 0.25) is 6.29 Å². The maximum atomic E-state index is 15.0. The van der Waals surface area contributed by atoms with Crippen LogP contribution in [0.3, 0.4) is 0 Å². The van der Waals surface area contributed by atoms with Crippen molar-refractivity contribution in [3.63, 3.8) is 0 Å². The number of rotatable bonds is 8. The molecular formula is C27H20ClF4N3O6. The number of ether oxygens (including phenoxy) is 3. The van der Waals surface area contributed by atoms with Crippen LogP contribution in [0.15, 0.2) is 58.3 Å². The topological polar surface area (TPSA) is 102 Å². The van der Waals surface area contributed by atoms with E-state index in [4.69, 9.17) is 25.8 Å². The summed E-state index contributed by atoms with van der Waals surface area (Å²) >= 11 is 6.17. The Balaban J connectivity index is 1.72. The number of hydrogen-bond acceptors (Lipinski definition) is 7. The summed E-state index contributed by atoms with van der Waals surface area (Å²) in [7, 11) is 1.24. The van der Waals surface area contributed by atoms with Gasteiger partial charge in [0.1, 0.15) is 11.6 Å². The molecule has 0 amide bonds. The lowest BCUT2D eigenvalue weighted by Gasteiger charge is -2.17. The SMILES string of the molecule is CC(=O)OC(C)Oc1ncccc1Oc1cc(-n2c(=O)cc(Cc3ccc(F)c(F)c3F)n(C)c2=O)c(F)cc1Cl. The molecule has 0 aliphatic heterocycles. The smallest absolute Gasteiger partial charge is 0.335 e. The first-order valence-corrected chi connectivity index (χ1v) is 12.2. The summed E-state index contributed by atoms with van der Waals surface area (Å²) in [5.74, 6) is -6.52. The highest BCUT2D eigenvalue weighted by molar-refractivity contribution is 6.32. The molecule has 0 bridgehead atoms. The lowest BCUT2D eigenvalue weighted by atomic mass is 10.1. The van der Waals surface area contributed by atoms with Crippen LogP contribution in [0.1, 0.15) is 25.1 Å². The predicted molar refractivity (Wildman–Crippen MR) is 138 cm³/mol. The molecule has 0 saturated heterocycles. The summed E-state index contributed by atoms with van der Waals surface area (Å²) in [6.07, 6.45) is -0.0982. The molecule has 41 heavy (non-hydrogen) atoms. The molecule has 9 nitrogen and oxygen atoms in total. The van der Waals surface area contributed by atoms with Crippen molar-refractivity contribution in [2.24, 2.45) is 7.05 Å². The van der Waals surface area contributed by atoms with Crippen LogP contribution in [0.2, 0.25) is 5.02 Å². The number of aromatic nitrogens is 3. The molecule has 1 atom stereocenters. The molecule has 0 radical (unpaired) electrons. The molecule has 4 aromatic rings. The van der Waals surface area contributed by atoms with Crippen molar-refractivity contribution in [1.29, 1.82) is 0 Å². The van der Waals surface area contributed by atoms with E-state index in [0.29, 0.717) is 10.6 Å². The Kier molecular flexibility index (Phi) is 8.47. The monoisotopic (exact) mass is 593 g/mol. The van der Waals surface area contributed by atoms with Gasteiger partial charge in [0.15, 0.2) is 23.2 Å². The Morgan fingerprint density at radius 3 is 2.46 bits per heavy atom. The number of carbonyl (C=O) groups is 1. The lowest BCUT2D eigenvalue weighted by molar-refractivity contribution is -0.158. The first kappa shape index (κ1) is 29.3. The molecule has 1 unspecified atom stereocenters. The zero-order valence-corrected chi connectivity index (χ0v) is 22.3. The first-order valence-electron chi connectivity index (χ1n) is 11.8. The standard InChI is InChI=1S/C27H20ClF4N3O6/c1-13(36)39-14(2)40-26-21(5-4-8-33-26)41-22-12-20(19(30)11-17(22)28)35-23(37)10-16(34(3)27(35)38)9-15-6-7-18(29)25(32)24(15)31/h4-8,10-12,14H,9H2,1-3H3. The quantitative estimate of drug-likeness (QED) is 0.125. The van der Waals surface area contributed by atoms with E-state index in [-0.39, 0.29) is 33.7 Å². The van der Waals surface area contributed by atoms with Crippen LogP contribution in [0.4, 0.5) is 17.6 Å². The third-order valence-corrected chi connectivity index (χ3v) is 6.01. The molecule has 2 aromatic heterocycles. The summed E-state index contributed by atoms with van der Waals surface area (Å²) in [6, 6.07) is 7.37. The van der Waals surface area contributed by atoms with Gasteiger partial charge < -0.3 is 14.2 Å². The van der Waals surface area contributed by atoms with Crippen molar-refractivity contribution >= 4 is 17.6 Å². The first-order chi connectivity index (χ1) is 19.4. The van der Waals surface area contributed by atoms with Crippen molar-refractivity contribution in [3.05, 3.63) is 109 Å². The van der Waals surface area contributed by atoms with E-state index in [2.05, 4.69) is 4.98 Å². The van der Waals surface area contributed by atoms with Crippen molar-refractivity contribution in [2.45, 2.75) is 26.6 Å². The minimum atomic E-state index is -1.69. The molecule has 0 saturated carbocycles. The van der Waals surface area contributed by atoms with E-state index in [0.717, 1.165) is 28.8 Å². The van der Waals surface area contributed by atoms with Crippen LogP contribution >= 0.6 is 11.6 Å². The number of halogens is 5. The van der Waals surface area contributed by atoms with Crippen LogP contribution in [-0.2, 0) is 23.0 Å². The van der Waals surface area contributed by atoms with Crippen LogP contribution in [0.5, 0.6) is 17.4 Å². The van der Waals surface area contributed by atoms with Crippen LogP contribution in [-0.4, -0.2) is 26.4 Å². The van der Waals surface area contributed by atoms with Crippen molar-refractivity contribution in [2.75, 3.05) is 0 Å². The molecule has 2 aromatic carbocycles. The lowest BCUT2D eigenvalue weighted by Crippen LogP contribution is -2.39. The summed E-state index contributed by atoms with van der Waals surface area (Å²) in [6.45, 7) is 2.63. The maximum Gasteiger partial charge on any atom is 0.335 e. The molecular weight excluding hydrogens is 574 g/mol. The third-order valence-electron chi connectivity index (χ3n) is 5.71. The zero-order valence-electron chi connectivity index (χ0n) is 21.6. The predicted octanol–water partition coefficient (Wildman–Crippen LogP) is 4.81. The maximum absolute atomic E-state index is 15.0. The minimum absolute atomic E-state index is 0.0184. The molecule has 0 aliphatic carbocycles. The van der Waals surface area contributed by atoms with Crippen molar-refractivity contribution in [1.82, 2.24) is 14.1 Å². The molecule has 0 fully saturated rings. The summed E-state index contributed by atoms with van der Waals surface area (Å²) in [4.78, 5) is 41.4. The Bertz CT molecular complexity index is 1780. The zero-order chi connectivity index (χ0) is 30.0. The van der Waals surface area contributed by atoms with Gasteiger partial charge in [0.25, 0.3) is 11.4 Å². The van der Waals surface area contributed by atoms with Gasteiger partial charge in [-0.15, -0.1) is 0 Å². The number of pyridine rings is 1. The number of nitrogens with zero attached hydrogens (tertiary/aromatic N) is 3. The molecule has 214 valence electrons. The highest BCUT2D eigenvalue weighted by Gasteiger charge is 2.21. The average molecular weight is 594 g/mol. The highest BCUT2D eigenvalue weighted by Crippen LogP contribution is 2.36. The molecule has 0 N–H and O–H groups in total. The van der Waals surface area contributed by atoms with Crippen LogP contribution in [0.25, 0.3) is 5.69 Å². The van der Waals surface area contributed by atoms with Gasteiger partial charge in [0.05, 0.1) is 10.7 Å². The van der Waals surface area contributed by atoms with E-state index < -0.39 is 58.9 Å². The Morgan fingerprint density at radius 2 is 1.76 bits per heavy atom. The number of benzene rings is 2. The average Bonchev–Trinajstić information content (AvgIpc) is 2.90. The third kappa shape index (κ3) is 6.24. The normalized spacial score (nSPS) is 11.7. The van der Waals surface area contributed by atoms with Crippen molar-refractivity contribution in [3.8, 4) is 23.1 Å². The number of esters is 1. The van der Waals surface area contributed by atoms with Gasteiger partial charge in [-0.25, -0.2) is 31.9 Å². The van der Waals surface area contributed by atoms with Gasteiger partial charge >= 0.3 is 11.7 Å². The molecule has 0 spiro atoms. The summed E-state index contributed by atoms with van der Waals surface area (Å²) in [5.41, 5.74) is -2.91. The van der Waals surface area contributed by atoms with Crippen LogP contribution < -0.4 is 20.7 Å². The molecule has 2 heterocycles. The second-order valence-electron chi connectivity index (χ2n) is 8.60. The van der Waals surface area contributed by atoms with Gasteiger partial charge in [-0.05, 0) is 29.8 Å². The Hall–Kier alpha value is -4.65. The summed E-state index contributed by atoms with van der Waals surface area (Å²) in [5, 5.41) is -0.232. The summed E-state index contributed by atoms with van der Waals surface area (Å²) < 4.78 is 73.8. The minimum Gasteiger partial charge on any atom is -0.450 e. The largest absolute Gasteiger partial charge is 0.450 e. The highest BCUT2D eigenvalue weighted by atomic mass is 35.5. The van der Waals surface area contributed by atoms with Gasteiger partial charge in [-0.3, -0.25) is 14.2 Å². The Labute approximate surface area is 234 Å². The fourth-order valence-electron chi connectivity index (χ4n) is 3.80. The Morgan fingerprint density at radius 1 is 1.02 bits per heavy atom. The number of carbonyl (C=O) groups excluding carboxylic acids is 1. The second kappa shape index (κ2) is 11.8. The van der Waals surface area contributed by atoms with Crippen molar-refractivity contribution < 1.29 is 36.6 Å². The fraction of sp³-hybridized carbons (Fsp3) is 0.185. The fourth-order valence-corrected chi connectivity index (χ4v) is 3.99. The van der Waals surface area contributed by atoms with E-state index in [1.807, 2.05) is 0 Å². The van der Waals surface area contributed by atoms with Gasteiger partial charge in [0, 0.05) is 51.3 Å². The second-order valence-corrected chi connectivity index (χ2v) is 9.01. The molecule has 0 aliphatic rings. The molecule has 4 rings (SSSR count). The van der Waals surface area contributed by atoms with E-state index in [1.165, 1.54) is 39.2 Å².